The summed E-state index contributed by atoms with van der Waals surface area (Å²) in [5.41, 5.74) is 0.741. The summed E-state index contributed by atoms with van der Waals surface area (Å²) in [6.45, 7) is 3.92. The van der Waals surface area contributed by atoms with Gasteiger partial charge in [-0.3, -0.25) is 4.79 Å². The van der Waals surface area contributed by atoms with Crippen LogP contribution in [0.5, 0.6) is 0 Å². The Bertz CT molecular complexity index is 381. The molecule has 0 radical (unpaired) electrons. The van der Waals surface area contributed by atoms with E-state index in [1.165, 1.54) is 0 Å². The molecule has 0 bridgehead atoms. The number of rotatable bonds is 4. The first-order valence-corrected chi connectivity index (χ1v) is 5.44. The van der Waals surface area contributed by atoms with Crippen LogP contribution in [0.15, 0.2) is 30.3 Å². The normalized spacial score (nSPS) is 13.6. The second-order valence-corrected chi connectivity index (χ2v) is 3.79. The van der Waals surface area contributed by atoms with Crippen LogP contribution in [-0.4, -0.2) is 11.9 Å². The van der Waals surface area contributed by atoms with Crippen LogP contribution in [0.25, 0.3) is 0 Å². The topological polar surface area (TPSA) is 52.9 Å². The third-order valence-electron chi connectivity index (χ3n) is 2.53. The highest BCUT2D eigenvalue weighted by Gasteiger charge is 2.20. The van der Waals surface area contributed by atoms with Crippen LogP contribution in [0.4, 0.5) is 0 Å². The fourth-order valence-corrected chi connectivity index (χ4v) is 1.36. The highest BCUT2D eigenvalue weighted by atomic mass is 16.1. The Labute approximate surface area is 96.1 Å². The summed E-state index contributed by atoms with van der Waals surface area (Å²) in [4.78, 5) is 11.8. The molecular weight excluding hydrogens is 200 g/mol. The lowest BCUT2D eigenvalue weighted by molar-refractivity contribution is -0.122. The number of nitrogens with zero attached hydrogens (tertiary/aromatic N) is 1. The molecule has 16 heavy (non-hydrogen) atoms. The van der Waals surface area contributed by atoms with Gasteiger partial charge in [0.1, 0.15) is 5.92 Å². The van der Waals surface area contributed by atoms with Gasteiger partial charge in [0.2, 0.25) is 5.91 Å². The summed E-state index contributed by atoms with van der Waals surface area (Å²) in [7, 11) is 0. The predicted molar refractivity (Wildman–Crippen MR) is 62.7 cm³/mol. The fourth-order valence-electron chi connectivity index (χ4n) is 1.36. The van der Waals surface area contributed by atoms with Crippen molar-refractivity contribution in [1.29, 1.82) is 5.26 Å². The number of carbonyl (C=O) groups excluding carboxylic acids is 1. The van der Waals surface area contributed by atoms with Crippen LogP contribution in [0, 0.1) is 11.3 Å². The molecule has 1 aromatic carbocycles. The molecule has 0 spiro atoms. The summed E-state index contributed by atoms with van der Waals surface area (Å²) in [5.74, 6) is -0.932. The van der Waals surface area contributed by atoms with Crippen molar-refractivity contribution >= 4 is 5.91 Å². The fraction of sp³-hybridized carbons (Fsp3) is 0.385. The Morgan fingerprint density at radius 3 is 2.56 bits per heavy atom. The number of benzene rings is 1. The Balaban J connectivity index is 2.77. The summed E-state index contributed by atoms with van der Waals surface area (Å²) >= 11 is 0. The largest absolute Gasteiger partial charge is 0.352 e. The molecule has 3 nitrogen and oxygen atoms in total. The number of hydrogen-bond acceptors (Lipinski definition) is 2. The van der Waals surface area contributed by atoms with Crippen molar-refractivity contribution < 1.29 is 4.79 Å². The quantitative estimate of drug-likeness (QED) is 0.838. The highest BCUT2D eigenvalue weighted by Crippen LogP contribution is 2.14. The van der Waals surface area contributed by atoms with E-state index in [4.69, 9.17) is 5.26 Å². The van der Waals surface area contributed by atoms with Crippen LogP contribution in [-0.2, 0) is 4.79 Å². The minimum Gasteiger partial charge on any atom is -0.352 e. The molecule has 1 N–H and O–H groups in total. The second kappa shape index (κ2) is 5.92. The first-order valence-electron chi connectivity index (χ1n) is 5.44. The SMILES string of the molecule is CCC(C)NC(=O)C(C#N)c1ccccc1. The molecule has 84 valence electrons. The van der Waals surface area contributed by atoms with E-state index in [0.29, 0.717) is 0 Å². The zero-order chi connectivity index (χ0) is 12.0. The van der Waals surface area contributed by atoms with E-state index < -0.39 is 5.92 Å². The van der Waals surface area contributed by atoms with E-state index >= 15 is 0 Å². The van der Waals surface area contributed by atoms with E-state index in [2.05, 4.69) is 5.32 Å². The lowest BCUT2D eigenvalue weighted by atomic mass is 9.99. The van der Waals surface area contributed by atoms with Crippen LogP contribution >= 0.6 is 0 Å². The van der Waals surface area contributed by atoms with E-state index in [1.54, 1.807) is 12.1 Å². The Hall–Kier alpha value is -1.82. The van der Waals surface area contributed by atoms with E-state index in [0.717, 1.165) is 12.0 Å². The predicted octanol–water partition coefficient (Wildman–Crippen LogP) is 2.21. The van der Waals surface area contributed by atoms with Gasteiger partial charge in [0, 0.05) is 6.04 Å². The Morgan fingerprint density at radius 2 is 2.06 bits per heavy atom. The van der Waals surface area contributed by atoms with Crippen molar-refractivity contribution in [2.45, 2.75) is 32.2 Å². The zero-order valence-electron chi connectivity index (χ0n) is 9.60. The number of carbonyl (C=O) groups is 1. The number of hydrogen-bond donors (Lipinski definition) is 1. The molecule has 2 atom stereocenters. The van der Waals surface area contributed by atoms with Gasteiger partial charge in [-0.15, -0.1) is 0 Å². The lowest BCUT2D eigenvalue weighted by Gasteiger charge is -2.14. The molecular formula is C13H16N2O. The first-order chi connectivity index (χ1) is 7.69. The molecule has 0 saturated heterocycles. The molecule has 0 saturated carbocycles. The maximum absolute atomic E-state index is 11.8. The molecule has 1 amide bonds. The van der Waals surface area contributed by atoms with Crippen molar-refractivity contribution in [3.05, 3.63) is 35.9 Å². The van der Waals surface area contributed by atoms with Crippen LogP contribution in [0.2, 0.25) is 0 Å². The molecule has 3 heteroatoms. The third-order valence-corrected chi connectivity index (χ3v) is 2.53. The molecule has 0 aliphatic carbocycles. The Morgan fingerprint density at radius 1 is 1.44 bits per heavy atom. The lowest BCUT2D eigenvalue weighted by Crippen LogP contribution is -2.35. The van der Waals surface area contributed by atoms with Crippen LogP contribution in [0.1, 0.15) is 31.7 Å². The average Bonchev–Trinajstić information content (AvgIpc) is 2.31. The summed E-state index contributed by atoms with van der Waals surface area (Å²) < 4.78 is 0. The number of amides is 1. The first kappa shape index (κ1) is 12.3. The standard InChI is InChI=1S/C13H16N2O/c1-3-10(2)15-13(16)12(9-14)11-7-5-4-6-8-11/h4-8,10,12H,3H2,1-2H3,(H,15,16). The molecule has 0 aromatic heterocycles. The van der Waals surface area contributed by atoms with Gasteiger partial charge in [-0.25, -0.2) is 0 Å². The van der Waals surface area contributed by atoms with Gasteiger partial charge in [-0.1, -0.05) is 37.3 Å². The van der Waals surface area contributed by atoms with Crippen molar-refractivity contribution in [3.63, 3.8) is 0 Å². The van der Waals surface area contributed by atoms with E-state index in [9.17, 15) is 4.79 Å². The second-order valence-electron chi connectivity index (χ2n) is 3.79. The van der Waals surface area contributed by atoms with Crippen molar-refractivity contribution in [2.24, 2.45) is 0 Å². The molecule has 0 fully saturated rings. The molecule has 0 aliphatic rings. The summed E-state index contributed by atoms with van der Waals surface area (Å²) in [6, 6.07) is 11.3. The number of nitrogens with one attached hydrogen (secondary N) is 1. The summed E-state index contributed by atoms with van der Waals surface area (Å²) in [5, 5.41) is 11.8. The number of nitriles is 1. The highest BCUT2D eigenvalue weighted by molar-refractivity contribution is 5.86. The Kier molecular flexibility index (Phi) is 4.53. The molecule has 0 heterocycles. The molecule has 2 unspecified atom stereocenters. The van der Waals surface area contributed by atoms with Gasteiger partial charge in [-0.05, 0) is 18.9 Å². The molecule has 1 rings (SSSR count). The maximum atomic E-state index is 11.8. The molecule has 1 aromatic rings. The van der Waals surface area contributed by atoms with Crippen molar-refractivity contribution in [1.82, 2.24) is 5.32 Å². The third kappa shape index (κ3) is 3.09. The van der Waals surface area contributed by atoms with Crippen LogP contribution in [0.3, 0.4) is 0 Å². The van der Waals surface area contributed by atoms with Crippen molar-refractivity contribution in [3.8, 4) is 6.07 Å². The van der Waals surface area contributed by atoms with Gasteiger partial charge in [0.15, 0.2) is 0 Å². The van der Waals surface area contributed by atoms with Gasteiger partial charge >= 0.3 is 0 Å². The minimum absolute atomic E-state index is 0.104. The minimum atomic E-state index is -0.713. The van der Waals surface area contributed by atoms with Crippen molar-refractivity contribution in [2.75, 3.05) is 0 Å². The van der Waals surface area contributed by atoms with Gasteiger partial charge < -0.3 is 5.32 Å². The zero-order valence-corrected chi connectivity index (χ0v) is 9.60. The summed E-state index contributed by atoms with van der Waals surface area (Å²) in [6.07, 6.45) is 0.860. The van der Waals surface area contributed by atoms with Gasteiger partial charge in [-0.2, -0.15) is 5.26 Å². The smallest absolute Gasteiger partial charge is 0.242 e. The van der Waals surface area contributed by atoms with E-state index in [-0.39, 0.29) is 11.9 Å². The van der Waals surface area contributed by atoms with E-state index in [1.807, 2.05) is 38.1 Å². The van der Waals surface area contributed by atoms with Crippen LogP contribution < -0.4 is 5.32 Å². The average molecular weight is 216 g/mol. The van der Waals surface area contributed by atoms with Gasteiger partial charge in [0.25, 0.3) is 0 Å². The molecule has 0 aliphatic heterocycles. The van der Waals surface area contributed by atoms with Gasteiger partial charge in [0.05, 0.1) is 6.07 Å². The maximum Gasteiger partial charge on any atom is 0.242 e. The monoisotopic (exact) mass is 216 g/mol.